The van der Waals surface area contributed by atoms with Crippen LogP contribution in [-0.4, -0.2) is 30.9 Å². The number of nitriles is 1. The van der Waals surface area contributed by atoms with Gasteiger partial charge in [-0.3, -0.25) is 9.59 Å². The van der Waals surface area contributed by atoms with E-state index >= 15 is 0 Å². The molecule has 2 rings (SSSR count). The molecule has 138 valence electrons. The molecule has 2 aromatic carbocycles. The Labute approximate surface area is 160 Å². The van der Waals surface area contributed by atoms with Gasteiger partial charge in [0.05, 0.1) is 11.3 Å². The molecule has 7 nitrogen and oxygen atoms in total. The molecule has 2 aromatic rings. The summed E-state index contributed by atoms with van der Waals surface area (Å²) in [7, 11) is 0. The van der Waals surface area contributed by atoms with Gasteiger partial charge in [0.25, 0.3) is 5.91 Å². The average Bonchev–Trinajstić information content (AvgIpc) is 2.65. The third-order valence-corrected chi connectivity index (χ3v) is 3.57. The van der Waals surface area contributed by atoms with Gasteiger partial charge in [0.15, 0.2) is 19.0 Å². The minimum atomic E-state index is -0.759. The summed E-state index contributed by atoms with van der Waals surface area (Å²) in [6, 6.07) is 12.7. The zero-order valence-corrected chi connectivity index (χ0v) is 15.1. The Morgan fingerprint density at radius 1 is 1.15 bits per heavy atom. The number of nitrogens with zero attached hydrogens (tertiary/aromatic N) is 1. The molecule has 0 unspecified atom stereocenters. The van der Waals surface area contributed by atoms with Crippen molar-refractivity contribution in [2.45, 2.75) is 6.92 Å². The number of anilines is 1. The van der Waals surface area contributed by atoms with E-state index in [2.05, 4.69) is 5.32 Å². The van der Waals surface area contributed by atoms with E-state index in [0.29, 0.717) is 16.3 Å². The van der Waals surface area contributed by atoms with Crippen molar-refractivity contribution in [3.63, 3.8) is 0 Å². The highest BCUT2D eigenvalue weighted by Crippen LogP contribution is 2.20. The number of carbonyl (C=O) groups is 3. The Morgan fingerprint density at radius 2 is 1.93 bits per heavy atom. The fraction of sp³-hybridized carbons (Fsp3) is 0.158. The maximum Gasteiger partial charge on any atom is 0.344 e. The summed E-state index contributed by atoms with van der Waals surface area (Å²) in [6.45, 7) is 0.450. The van der Waals surface area contributed by atoms with E-state index in [4.69, 9.17) is 26.3 Å². The lowest BCUT2D eigenvalue weighted by molar-refractivity contribution is -0.149. The zero-order chi connectivity index (χ0) is 19.8. The van der Waals surface area contributed by atoms with Gasteiger partial charge < -0.3 is 14.8 Å². The summed E-state index contributed by atoms with van der Waals surface area (Å²) in [6.07, 6.45) is 0. The highest BCUT2D eigenvalue weighted by molar-refractivity contribution is 6.31. The lowest BCUT2D eigenvalue weighted by Gasteiger charge is -2.09. The Kier molecular flexibility index (Phi) is 6.92. The molecule has 0 saturated heterocycles. The van der Waals surface area contributed by atoms with Crippen LogP contribution in [0.5, 0.6) is 5.75 Å². The van der Waals surface area contributed by atoms with Crippen LogP contribution in [-0.2, 0) is 14.3 Å². The van der Waals surface area contributed by atoms with Crippen LogP contribution in [0.15, 0.2) is 42.5 Å². The Hall–Kier alpha value is -3.37. The van der Waals surface area contributed by atoms with Crippen molar-refractivity contribution in [2.75, 3.05) is 18.5 Å². The van der Waals surface area contributed by atoms with Gasteiger partial charge in [-0.15, -0.1) is 0 Å². The molecule has 0 fully saturated rings. The van der Waals surface area contributed by atoms with Crippen LogP contribution in [0.4, 0.5) is 5.69 Å². The highest BCUT2D eigenvalue weighted by Gasteiger charge is 2.11. The summed E-state index contributed by atoms with van der Waals surface area (Å²) < 4.78 is 10.1. The van der Waals surface area contributed by atoms with Crippen LogP contribution in [0, 0.1) is 11.3 Å². The maximum atomic E-state index is 11.9. The number of hydrogen-bond donors (Lipinski definition) is 1. The van der Waals surface area contributed by atoms with Crippen molar-refractivity contribution >= 4 is 34.9 Å². The first-order chi connectivity index (χ1) is 12.9. The first-order valence-corrected chi connectivity index (χ1v) is 8.16. The second kappa shape index (κ2) is 9.36. The second-order valence-corrected chi connectivity index (χ2v) is 5.82. The van der Waals surface area contributed by atoms with Crippen LogP contribution in [0.3, 0.4) is 0 Å². The molecule has 0 saturated carbocycles. The van der Waals surface area contributed by atoms with E-state index in [1.807, 2.05) is 6.07 Å². The third-order valence-electron chi connectivity index (χ3n) is 3.34. The van der Waals surface area contributed by atoms with Gasteiger partial charge in [-0.1, -0.05) is 23.7 Å². The molecular formula is C19H15ClN2O5. The number of ketones is 1. The molecule has 0 aromatic heterocycles. The standard InChI is InChI=1S/C19H15ClN2O5/c1-12(23)13-3-2-4-16(7-13)26-11-19(25)27-10-18(24)22-17-8-15(20)6-5-14(17)9-21/h2-8H,10-11H2,1H3,(H,22,24). The first kappa shape index (κ1) is 19.9. The number of Topliss-reactive ketones (excluding diaryl/α,β-unsaturated/α-hetero) is 1. The number of halogens is 1. The fourth-order valence-corrected chi connectivity index (χ4v) is 2.21. The lowest BCUT2D eigenvalue weighted by Crippen LogP contribution is -2.24. The van der Waals surface area contributed by atoms with E-state index in [1.165, 1.54) is 31.2 Å². The monoisotopic (exact) mass is 386 g/mol. The van der Waals surface area contributed by atoms with Crippen LogP contribution in [0.2, 0.25) is 5.02 Å². The minimum absolute atomic E-state index is 0.127. The largest absolute Gasteiger partial charge is 0.482 e. The van der Waals surface area contributed by atoms with Crippen molar-refractivity contribution < 1.29 is 23.9 Å². The molecule has 8 heteroatoms. The topological polar surface area (TPSA) is 105 Å². The first-order valence-electron chi connectivity index (χ1n) is 7.78. The average molecular weight is 387 g/mol. The molecular weight excluding hydrogens is 372 g/mol. The third kappa shape index (κ3) is 6.13. The molecule has 0 spiro atoms. The summed E-state index contributed by atoms with van der Waals surface area (Å²) in [5, 5.41) is 11.8. The molecule has 0 bridgehead atoms. The molecule has 1 amide bonds. The molecule has 0 atom stereocenters. The molecule has 27 heavy (non-hydrogen) atoms. The van der Waals surface area contributed by atoms with Gasteiger partial charge in [0.2, 0.25) is 0 Å². The van der Waals surface area contributed by atoms with Gasteiger partial charge in [-0.05, 0) is 37.3 Å². The quantitative estimate of drug-likeness (QED) is 0.579. The molecule has 0 aliphatic heterocycles. The lowest BCUT2D eigenvalue weighted by atomic mass is 10.1. The number of amides is 1. The number of nitrogens with one attached hydrogen (secondary N) is 1. The molecule has 0 aliphatic rings. The van der Waals surface area contributed by atoms with E-state index in [0.717, 1.165) is 0 Å². The second-order valence-electron chi connectivity index (χ2n) is 5.38. The van der Waals surface area contributed by atoms with Crippen molar-refractivity contribution in [1.29, 1.82) is 5.26 Å². The van der Waals surface area contributed by atoms with Crippen LogP contribution in [0.25, 0.3) is 0 Å². The normalized spacial score (nSPS) is 9.81. The van der Waals surface area contributed by atoms with Crippen molar-refractivity contribution in [3.8, 4) is 11.8 Å². The maximum absolute atomic E-state index is 11.9. The summed E-state index contributed by atoms with van der Waals surface area (Å²) in [5.74, 6) is -1.18. The van der Waals surface area contributed by atoms with Crippen molar-refractivity contribution in [3.05, 3.63) is 58.6 Å². The van der Waals surface area contributed by atoms with Crippen molar-refractivity contribution in [2.24, 2.45) is 0 Å². The number of esters is 1. The summed E-state index contributed by atoms with van der Waals surface area (Å²) in [5.41, 5.74) is 0.908. The molecule has 0 radical (unpaired) electrons. The molecule has 0 aliphatic carbocycles. The molecule has 0 heterocycles. The van der Waals surface area contributed by atoms with Crippen LogP contribution in [0.1, 0.15) is 22.8 Å². The summed E-state index contributed by atoms with van der Waals surface area (Å²) >= 11 is 5.83. The Bertz CT molecular complexity index is 921. The number of ether oxygens (including phenoxy) is 2. The van der Waals surface area contributed by atoms with Gasteiger partial charge in [0, 0.05) is 10.6 Å². The van der Waals surface area contributed by atoms with E-state index in [-0.39, 0.29) is 17.0 Å². The summed E-state index contributed by atoms with van der Waals surface area (Å²) in [4.78, 5) is 34.9. The van der Waals surface area contributed by atoms with E-state index < -0.39 is 25.1 Å². The number of benzene rings is 2. The highest BCUT2D eigenvalue weighted by atomic mass is 35.5. The Morgan fingerprint density at radius 3 is 2.63 bits per heavy atom. The number of rotatable bonds is 7. The zero-order valence-electron chi connectivity index (χ0n) is 14.3. The molecule has 1 N–H and O–H groups in total. The van der Waals surface area contributed by atoms with Crippen molar-refractivity contribution in [1.82, 2.24) is 0 Å². The van der Waals surface area contributed by atoms with Gasteiger partial charge in [-0.25, -0.2) is 4.79 Å². The Balaban J connectivity index is 1.83. The van der Waals surface area contributed by atoms with E-state index in [1.54, 1.807) is 18.2 Å². The van der Waals surface area contributed by atoms with Crippen LogP contribution >= 0.6 is 11.6 Å². The predicted octanol–water partition coefficient (Wildman–Crippen LogP) is 2.97. The van der Waals surface area contributed by atoms with Gasteiger partial charge in [0.1, 0.15) is 11.8 Å². The SMILES string of the molecule is CC(=O)c1cccc(OCC(=O)OCC(=O)Nc2cc(Cl)ccc2C#N)c1. The predicted molar refractivity (Wildman–Crippen MR) is 97.7 cm³/mol. The van der Waals surface area contributed by atoms with Gasteiger partial charge in [-0.2, -0.15) is 5.26 Å². The van der Waals surface area contributed by atoms with E-state index in [9.17, 15) is 14.4 Å². The smallest absolute Gasteiger partial charge is 0.344 e. The number of carbonyl (C=O) groups excluding carboxylic acids is 3. The number of hydrogen-bond acceptors (Lipinski definition) is 6. The fourth-order valence-electron chi connectivity index (χ4n) is 2.04. The van der Waals surface area contributed by atoms with Gasteiger partial charge >= 0.3 is 5.97 Å². The minimum Gasteiger partial charge on any atom is -0.482 e. The van der Waals surface area contributed by atoms with Crippen LogP contribution < -0.4 is 10.1 Å².